The molecule has 146 valence electrons. The normalized spacial score (nSPS) is 14.5. The second-order valence-corrected chi connectivity index (χ2v) is 8.04. The van der Waals surface area contributed by atoms with Crippen molar-refractivity contribution in [2.45, 2.75) is 45.6 Å². The van der Waals surface area contributed by atoms with Gasteiger partial charge in [-0.3, -0.25) is 4.99 Å². The van der Waals surface area contributed by atoms with Crippen LogP contribution in [0.25, 0.3) is 0 Å². The number of hydrogen-bond acceptors (Lipinski definition) is 4. The van der Waals surface area contributed by atoms with Gasteiger partial charge in [0.15, 0.2) is 5.96 Å². The van der Waals surface area contributed by atoms with Gasteiger partial charge in [0.2, 0.25) is 0 Å². The number of furan rings is 1. The first kappa shape index (κ1) is 23.0. The molecule has 5 nitrogen and oxygen atoms in total. The molecule has 0 spiro atoms. The minimum absolute atomic E-state index is 0. The maximum atomic E-state index is 10.7. The average Bonchev–Trinajstić information content (AvgIpc) is 3.22. The molecule has 0 bridgehead atoms. The Morgan fingerprint density at radius 1 is 1.23 bits per heavy atom. The summed E-state index contributed by atoms with van der Waals surface area (Å²) in [5, 5.41) is 19.2. The van der Waals surface area contributed by atoms with Crippen molar-refractivity contribution in [3.05, 3.63) is 46.0 Å². The lowest BCUT2D eigenvalue weighted by Crippen LogP contribution is -2.45. The van der Waals surface area contributed by atoms with E-state index in [0.29, 0.717) is 24.8 Å². The lowest BCUT2D eigenvalue weighted by Gasteiger charge is -2.24. The quantitative estimate of drug-likeness (QED) is 0.311. The molecule has 0 aliphatic rings. The Bertz CT molecular complexity index is 693. The molecular weight excluding hydrogens is 461 g/mol. The standard InChI is InChI=1S/C19H29N3O2S.HI/c1-6-20-17(21-12-18(3,4)16-8-7-11-25-16)22-13-19(5,23)15-10-9-14(2)24-15;/h7-11,23H,6,12-13H2,1-5H3,(H2,20,21,22);1H. The molecule has 7 heteroatoms. The van der Waals surface area contributed by atoms with Crippen molar-refractivity contribution in [1.82, 2.24) is 10.6 Å². The molecule has 2 aromatic heterocycles. The monoisotopic (exact) mass is 491 g/mol. The molecule has 1 unspecified atom stereocenters. The molecule has 26 heavy (non-hydrogen) atoms. The number of aliphatic hydroxyl groups is 1. The van der Waals surface area contributed by atoms with E-state index < -0.39 is 5.60 Å². The van der Waals surface area contributed by atoms with E-state index in [0.717, 1.165) is 12.3 Å². The predicted molar refractivity (Wildman–Crippen MR) is 120 cm³/mol. The third-order valence-electron chi connectivity index (χ3n) is 4.04. The van der Waals surface area contributed by atoms with Crippen LogP contribution < -0.4 is 10.6 Å². The van der Waals surface area contributed by atoms with Crippen LogP contribution in [0, 0.1) is 6.92 Å². The Labute approximate surface area is 177 Å². The number of nitrogens with zero attached hydrogens (tertiary/aromatic N) is 1. The number of nitrogens with one attached hydrogen (secondary N) is 2. The van der Waals surface area contributed by atoms with E-state index in [9.17, 15) is 5.11 Å². The highest BCUT2D eigenvalue weighted by atomic mass is 127. The van der Waals surface area contributed by atoms with Crippen LogP contribution in [0.3, 0.4) is 0 Å². The van der Waals surface area contributed by atoms with Gasteiger partial charge in [-0.15, -0.1) is 35.3 Å². The summed E-state index contributed by atoms with van der Waals surface area (Å²) in [6.45, 7) is 11.7. The highest BCUT2D eigenvalue weighted by Crippen LogP contribution is 2.27. The number of rotatable bonds is 7. The van der Waals surface area contributed by atoms with Gasteiger partial charge >= 0.3 is 0 Å². The van der Waals surface area contributed by atoms with Crippen LogP contribution in [0.4, 0.5) is 0 Å². The third kappa shape index (κ3) is 6.28. The fourth-order valence-corrected chi connectivity index (χ4v) is 3.27. The highest BCUT2D eigenvalue weighted by Gasteiger charge is 2.27. The summed E-state index contributed by atoms with van der Waals surface area (Å²) >= 11 is 1.75. The van der Waals surface area contributed by atoms with Crippen LogP contribution >= 0.6 is 35.3 Å². The molecule has 0 aliphatic heterocycles. The molecule has 0 aliphatic carbocycles. The lowest BCUT2D eigenvalue weighted by molar-refractivity contribution is 0.0378. The molecule has 0 fully saturated rings. The number of guanidine groups is 1. The minimum Gasteiger partial charge on any atom is -0.463 e. The summed E-state index contributed by atoms with van der Waals surface area (Å²) < 4.78 is 5.55. The topological polar surface area (TPSA) is 69.8 Å². The largest absolute Gasteiger partial charge is 0.463 e. The summed E-state index contributed by atoms with van der Waals surface area (Å²) in [5.41, 5.74) is -1.13. The SMILES string of the molecule is CCNC(=NCC(C)(C)c1cccs1)NCC(C)(O)c1ccc(C)o1.I. The number of aryl methyl sites for hydroxylation is 1. The summed E-state index contributed by atoms with van der Waals surface area (Å²) in [5.74, 6) is 2.02. The van der Waals surface area contributed by atoms with Gasteiger partial charge in [0, 0.05) is 16.8 Å². The smallest absolute Gasteiger partial charge is 0.191 e. The highest BCUT2D eigenvalue weighted by molar-refractivity contribution is 14.0. The maximum Gasteiger partial charge on any atom is 0.191 e. The van der Waals surface area contributed by atoms with E-state index >= 15 is 0 Å². The Kier molecular flexibility index (Phi) is 8.62. The van der Waals surface area contributed by atoms with Gasteiger partial charge in [0.25, 0.3) is 0 Å². The zero-order valence-corrected chi connectivity index (χ0v) is 19.3. The Morgan fingerprint density at radius 2 is 1.96 bits per heavy atom. The van der Waals surface area contributed by atoms with Crippen molar-refractivity contribution >= 4 is 41.3 Å². The van der Waals surface area contributed by atoms with Gasteiger partial charge in [0.1, 0.15) is 17.1 Å². The molecule has 0 radical (unpaired) electrons. The van der Waals surface area contributed by atoms with Crippen molar-refractivity contribution in [3.63, 3.8) is 0 Å². The Balaban J connectivity index is 0.00000338. The number of hydrogen-bond donors (Lipinski definition) is 3. The Hall–Kier alpha value is -1.06. The van der Waals surface area contributed by atoms with Crippen molar-refractivity contribution < 1.29 is 9.52 Å². The van der Waals surface area contributed by atoms with Crippen LogP contribution in [0.2, 0.25) is 0 Å². The zero-order valence-electron chi connectivity index (χ0n) is 16.1. The predicted octanol–water partition coefficient (Wildman–Crippen LogP) is 4.01. The maximum absolute atomic E-state index is 10.7. The van der Waals surface area contributed by atoms with E-state index in [4.69, 9.17) is 9.41 Å². The molecule has 0 saturated heterocycles. The van der Waals surface area contributed by atoms with Gasteiger partial charge in [-0.1, -0.05) is 19.9 Å². The van der Waals surface area contributed by atoms with Crippen LogP contribution in [-0.4, -0.2) is 30.7 Å². The van der Waals surface area contributed by atoms with Gasteiger partial charge in [0.05, 0.1) is 13.1 Å². The van der Waals surface area contributed by atoms with E-state index in [1.807, 2.05) is 19.9 Å². The van der Waals surface area contributed by atoms with Crippen LogP contribution in [-0.2, 0) is 11.0 Å². The fourth-order valence-electron chi connectivity index (χ4n) is 2.43. The van der Waals surface area contributed by atoms with E-state index in [1.54, 1.807) is 24.3 Å². The van der Waals surface area contributed by atoms with E-state index in [1.165, 1.54) is 4.88 Å². The van der Waals surface area contributed by atoms with E-state index in [2.05, 4.69) is 42.0 Å². The van der Waals surface area contributed by atoms with Gasteiger partial charge < -0.3 is 20.2 Å². The first-order valence-corrected chi connectivity index (χ1v) is 9.48. The summed E-state index contributed by atoms with van der Waals surface area (Å²) in [6, 6.07) is 7.87. The molecular formula is C19H30IN3O2S. The molecule has 0 aromatic carbocycles. The first-order valence-electron chi connectivity index (χ1n) is 8.60. The number of thiophene rings is 1. The van der Waals surface area contributed by atoms with Crippen LogP contribution in [0.5, 0.6) is 0 Å². The van der Waals surface area contributed by atoms with Crippen LogP contribution in [0.1, 0.15) is 44.1 Å². The van der Waals surface area contributed by atoms with Crippen molar-refractivity contribution in [2.75, 3.05) is 19.6 Å². The molecule has 3 N–H and O–H groups in total. The second kappa shape index (κ2) is 9.75. The van der Waals surface area contributed by atoms with Crippen molar-refractivity contribution in [2.24, 2.45) is 4.99 Å². The lowest BCUT2D eigenvalue weighted by atomic mass is 9.92. The second-order valence-electron chi connectivity index (χ2n) is 7.09. The summed E-state index contributed by atoms with van der Waals surface area (Å²) in [7, 11) is 0. The zero-order chi connectivity index (χ0) is 18.5. The molecule has 1 atom stereocenters. The fraction of sp³-hybridized carbons (Fsp3) is 0.526. The minimum atomic E-state index is -1.10. The molecule has 2 heterocycles. The van der Waals surface area contributed by atoms with Gasteiger partial charge in [-0.2, -0.15) is 0 Å². The summed E-state index contributed by atoms with van der Waals surface area (Å²) in [4.78, 5) is 6.01. The van der Waals surface area contributed by atoms with Gasteiger partial charge in [-0.05, 0) is 44.4 Å². The Morgan fingerprint density at radius 3 is 2.50 bits per heavy atom. The molecule has 0 amide bonds. The number of aliphatic imine (C=N–C) groups is 1. The van der Waals surface area contributed by atoms with E-state index in [-0.39, 0.29) is 29.4 Å². The first-order chi connectivity index (χ1) is 11.7. The number of halogens is 1. The van der Waals surface area contributed by atoms with Crippen molar-refractivity contribution in [3.8, 4) is 0 Å². The molecule has 2 rings (SSSR count). The third-order valence-corrected chi connectivity index (χ3v) is 5.27. The van der Waals surface area contributed by atoms with Crippen molar-refractivity contribution in [1.29, 1.82) is 0 Å². The van der Waals surface area contributed by atoms with Gasteiger partial charge in [-0.25, -0.2) is 0 Å². The van der Waals surface area contributed by atoms with Crippen LogP contribution in [0.15, 0.2) is 39.1 Å². The molecule has 2 aromatic rings. The summed E-state index contributed by atoms with van der Waals surface area (Å²) in [6.07, 6.45) is 0. The molecule has 0 saturated carbocycles. The average molecular weight is 491 g/mol.